The smallest absolute Gasteiger partial charge is 0.232 e. The summed E-state index contributed by atoms with van der Waals surface area (Å²) in [5, 5.41) is 0. The van der Waals surface area contributed by atoms with Gasteiger partial charge in [-0.25, -0.2) is 0 Å². The molecule has 2 aromatic rings. The fourth-order valence-electron chi connectivity index (χ4n) is 2.09. The molecule has 2 heterocycles. The van der Waals surface area contributed by atoms with Crippen LogP contribution < -0.4 is 15.5 Å². The minimum Gasteiger partial charge on any atom is -0.469 e. The fourth-order valence-corrected chi connectivity index (χ4v) is 2.09. The van der Waals surface area contributed by atoms with E-state index in [0.29, 0.717) is 18.4 Å². The Bertz CT molecular complexity index is 593. The van der Waals surface area contributed by atoms with Gasteiger partial charge in [0.05, 0.1) is 6.26 Å². The van der Waals surface area contributed by atoms with Gasteiger partial charge >= 0.3 is 0 Å². The van der Waals surface area contributed by atoms with Crippen LogP contribution in [0.2, 0.25) is 0 Å². The molecule has 7 heteroatoms. The van der Waals surface area contributed by atoms with Gasteiger partial charge in [0.2, 0.25) is 17.8 Å². The van der Waals surface area contributed by atoms with Gasteiger partial charge < -0.3 is 20.0 Å². The molecule has 0 radical (unpaired) electrons. The number of nitrogens with zero attached hydrogens (tertiary/aromatic N) is 5. The second-order valence-electron chi connectivity index (χ2n) is 4.82. The first-order chi connectivity index (χ1) is 10.0. The number of rotatable bonds is 6. The minimum atomic E-state index is 0.234. The molecule has 2 N–H and O–H groups in total. The van der Waals surface area contributed by atoms with Crippen molar-refractivity contribution in [1.29, 1.82) is 0 Å². The Morgan fingerprint density at radius 2 is 1.81 bits per heavy atom. The van der Waals surface area contributed by atoms with E-state index in [4.69, 9.17) is 10.2 Å². The van der Waals surface area contributed by atoms with E-state index in [1.165, 1.54) is 0 Å². The Labute approximate surface area is 124 Å². The predicted molar refractivity (Wildman–Crippen MR) is 83.4 cm³/mol. The predicted octanol–water partition coefficient (Wildman–Crippen LogP) is 1.84. The van der Waals surface area contributed by atoms with Crippen LogP contribution in [0.3, 0.4) is 0 Å². The van der Waals surface area contributed by atoms with Gasteiger partial charge in [-0.1, -0.05) is 0 Å². The zero-order valence-electron chi connectivity index (χ0n) is 13.0. The lowest BCUT2D eigenvalue weighted by Crippen LogP contribution is -2.27. The summed E-state index contributed by atoms with van der Waals surface area (Å²) in [6.45, 7) is 8.35. The number of aromatic nitrogens is 3. The van der Waals surface area contributed by atoms with E-state index in [-0.39, 0.29) is 5.95 Å². The van der Waals surface area contributed by atoms with Crippen molar-refractivity contribution in [3.8, 4) is 0 Å². The van der Waals surface area contributed by atoms with Crippen molar-refractivity contribution >= 4 is 17.8 Å². The second-order valence-corrected chi connectivity index (χ2v) is 4.82. The molecule has 0 atom stereocenters. The largest absolute Gasteiger partial charge is 0.469 e. The molecule has 0 amide bonds. The van der Waals surface area contributed by atoms with Crippen molar-refractivity contribution in [2.45, 2.75) is 27.3 Å². The maximum atomic E-state index is 5.81. The summed E-state index contributed by atoms with van der Waals surface area (Å²) < 4.78 is 5.31. The topological polar surface area (TPSA) is 84.3 Å². The summed E-state index contributed by atoms with van der Waals surface area (Å²) in [7, 11) is 1.92. The van der Waals surface area contributed by atoms with Gasteiger partial charge in [0.25, 0.3) is 0 Å². The third-order valence-electron chi connectivity index (χ3n) is 3.39. The summed E-state index contributed by atoms with van der Waals surface area (Å²) in [4.78, 5) is 16.9. The van der Waals surface area contributed by atoms with Crippen LogP contribution in [0, 0.1) is 6.92 Å². The molecule has 0 fully saturated rings. The normalized spacial score (nSPS) is 10.7. The van der Waals surface area contributed by atoms with E-state index in [0.717, 1.165) is 24.4 Å². The van der Waals surface area contributed by atoms with E-state index >= 15 is 0 Å². The monoisotopic (exact) mass is 290 g/mol. The number of furan rings is 1. The molecule has 0 aliphatic carbocycles. The molecular formula is C14H22N6O. The van der Waals surface area contributed by atoms with Gasteiger partial charge in [0.1, 0.15) is 5.76 Å². The van der Waals surface area contributed by atoms with Gasteiger partial charge in [-0.15, -0.1) is 0 Å². The molecule has 0 aliphatic rings. The van der Waals surface area contributed by atoms with Crippen LogP contribution in [0.1, 0.15) is 25.2 Å². The first-order valence-corrected chi connectivity index (χ1v) is 7.05. The molecule has 2 aromatic heterocycles. The van der Waals surface area contributed by atoms with Gasteiger partial charge in [0, 0.05) is 32.2 Å². The van der Waals surface area contributed by atoms with E-state index in [1.54, 1.807) is 6.26 Å². The average Bonchev–Trinajstić information content (AvgIpc) is 2.85. The van der Waals surface area contributed by atoms with E-state index in [2.05, 4.69) is 28.8 Å². The summed E-state index contributed by atoms with van der Waals surface area (Å²) >= 11 is 0. The summed E-state index contributed by atoms with van der Waals surface area (Å²) in [5.41, 5.74) is 6.91. The number of aryl methyl sites for hydroxylation is 1. The van der Waals surface area contributed by atoms with Crippen LogP contribution in [0.5, 0.6) is 0 Å². The van der Waals surface area contributed by atoms with Crippen LogP contribution in [-0.2, 0) is 6.54 Å². The second kappa shape index (κ2) is 6.43. The van der Waals surface area contributed by atoms with Crippen molar-refractivity contribution < 1.29 is 4.42 Å². The highest BCUT2D eigenvalue weighted by atomic mass is 16.3. The molecule has 7 nitrogen and oxygen atoms in total. The molecule has 0 aliphatic heterocycles. The van der Waals surface area contributed by atoms with Crippen LogP contribution in [0.25, 0.3) is 0 Å². The first-order valence-electron chi connectivity index (χ1n) is 7.05. The Morgan fingerprint density at radius 3 is 2.38 bits per heavy atom. The minimum absolute atomic E-state index is 0.234. The number of anilines is 3. The van der Waals surface area contributed by atoms with E-state index in [1.807, 2.05) is 29.8 Å². The van der Waals surface area contributed by atoms with Gasteiger partial charge in [-0.2, -0.15) is 15.0 Å². The molecule has 0 bridgehead atoms. The van der Waals surface area contributed by atoms with E-state index in [9.17, 15) is 0 Å². The Balaban J connectivity index is 2.24. The SMILES string of the molecule is CCN(CC)c1nc(N)nc(N(C)Cc2ccoc2C)n1. The van der Waals surface area contributed by atoms with E-state index < -0.39 is 0 Å². The molecule has 2 rings (SSSR count). The molecule has 21 heavy (non-hydrogen) atoms. The van der Waals surface area contributed by atoms with Crippen LogP contribution in [0.4, 0.5) is 17.8 Å². The lowest BCUT2D eigenvalue weighted by Gasteiger charge is -2.22. The Morgan fingerprint density at radius 1 is 1.14 bits per heavy atom. The molecule has 0 spiro atoms. The number of nitrogen functional groups attached to an aromatic ring is 1. The number of hydrogen-bond acceptors (Lipinski definition) is 7. The third-order valence-corrected chi connectivity index (χ3v) is 3.39. The molecule has 0 unspecified atom stereocenters. The lowest BCUT2D eigenvalue weighted by atomic mass is 10.2. The third kappa shape index (κ3) is 3.42. The van der Waals surface area contributed by atoms with Crippen LogP contribution >= 0.6 is 0 Å². The molecule has 0 saturated carbocycles. The van der Waals surface area contributed by atoms with Crippen LogP contribution in [0.15, 0.2) is 16.7 Å². The number of hydrogen-bond donors (Lipinski definition) is 1. The quantitative estimate of drug-likeness (QED) is 0.868. The highest BCUT2D eigenvalue weighted by Gasteiger charge is 2.14. The Hall–Kier alpha value is -2.31. The summed E-state index contributed by atoms with van der Waals surface area (Å²) in [6, 6.07) is 1.95. The number of nitrogens with two attached hydrogens (primary N) is 1. The van der Waals surface area contributed by atoms with Gasteiger partial charge in [-0.05, 0) is 26.8 Å². The Kier molecular flexibility index (Phi) is 4.62. The molecule has 0 saturated heterocycles. The molecule has 0 aromatic carbocycles. The summed E-state index contributed by atoms with van der Waals surface area (Å²) in [5.74, 6) is 2.30. The zero-order valence-corrected chi connectivity index (χ0v) is 13.0. The average molecular weight is 290 g/mol. The highest BCUT2D eigenvalue weighted by Crippen LogP contribution is 2.18. The maximum Gasteiger partial charge on any atom is 0.232 e. The maximum absolute atomic E-state index is 5.81. The molecular weight excluding hydrogens is 268 g/mol. The molecule has 114 valence electrons. The standard InChI is InChI=1S/C14H22N6O/c1-5-20(6-2)14-17-12(15)16-13(18-14)19(4)9-11-7-8-21-10(11)3/h7-8H,5-6,9H2,1-4H3,(H2,15,16,17,18). The van der Waals surface area contributed by atoms with Gasteiger partial charge in [0.15, 0.2) is 0 Å². The first kappa shape index (κ1) is 15.1. The van der Waals surface area contributed by atoms with Gasteiger partial charge in [-0.3, -0.25) is 0 Å². The lowest BCUT2D eigenvalue weighted by molar-refractivity contribution is 0.529. The van der Waals surface area contributed by atoms with Crippen molar-refractivity contribution in [3.63, 3.8) is 0 Å². The van der Waals surface area contributed by atoms with Crippen LogP contribution in [-0.4, -0.2) is 35.1 Å². The van der Waals surface area contributed by atoms with Crippen molar-refractivity contribution in [3.05, 3.63) is 23.7 Å². The van der Waals surface area contributed by atoms with Crippen molar-refractivity contribution in [2.24, 2.45) is 0 Å². The summed E-state index contributed by atoms with van der Waals surface area (Å²) in [6.07, 6.45) is 1.68. The van der Waals surface area contributed by atoms with Crippen molar-refractivity contribution in [2.75, 3.05) is 35.7 Å². The fraction of sp³-hybridized carbons (Fsp3) is 0.500. The van der Waals surface area contributed by atoms with Crippen molar-refractivity contribution in [1.82, 2.24) is 15.0 Å². The highest BCUT2D eigenvalue weighted by molar-refractivity contribution is 5.43. The zero-order chi connectivity index (χ0) is 15.4.